The summed E-state index contributed by atoms with van der Waals surface area (Å²) in [6, 6.07) is 6.33. The molecule has 0 aliphatic carbocycles. The summed E-state index contributed by atoms with van der Waals surface area (Å²) in [4.78, 5) is 52.8. The molecule has 0 aliphatic heterocycles. The number of nitrogens with zero attached hydrogens (tertiary/aromatic N) is 2. The number of thiazole rings is 1. The Morgan fingerprint density at radius 2 is 2.00 bits per heavy atom. The maximum atomic E-state index is 13.0. The fourth-order valence-corrected chi connectivity index (χ4v) is 4.39. The maximum Gasteiger partial charge on any atom is 0.422 e. The summed E-state index contributed by atoms with van der Waals surface area (Å²) in [6.45, 7) is -1.48. The number of pyridine rings is 1. The molecule has 39 heavy (non-hydrogen) atoms. The maximum absolute atomic E-state index is 13.0. The summed E-state index contributed by atoms with van der Waals surface area (Å²) in [6.07, 6.45) is -1.05. The second-order valence-corrected chi connectivity index (χ2v) is 9.11. The Bertz CT molecular complexity index is 1440. The largest absolute Gasteiger partial charge is 0.483 e. The number of alkyl carbamates (subject to hydrolysis) is 1. The number of nitrogens with one attached hydrogen (secondary N) is 2. The lowest BCUT2D eigenvalue weighted by molar-refractivity contribution is -0.153. The van der Waals surface area contributed by atoms with Gasteiger partial charge in [-0.25, -0.2) is 9.78 Å². The van der Waals surface area contributed by atoms with Crippen molar-refractivity contribution in [3.63, 3.8) is 0 Å². The lowest BCUT2D eigenvalue weighted by Gasteiger charge is -2.17. The van der Waals surface area contributed by atoms with Crippen molar-refractivity contribution in [2.24, 2.45) is 5.73 Å². The number of aromatic nitrogens is 2. The molecular weight excluding hydrogens is 543 g/mol. The Kier molecular flexibility index (Phi) is 9.65. The molecule has 3 rings (SSSR count). The number of rotatable bonds is 11. The van der Waals surface area contributed by atoms with E-state index in [1.807, 2.05) is 0 Å². The topological polar surface area (TPSA) is 155 Å². The van der Waals surface area contributed by atoms with Gasteiger partial charge in [0.25, 0.3) is 5.56 Å². The number of hydrogen-bond acceptors (Lipinski definition) is 8. The zero-order valence-corrected chi connectivity index (χ0v) is 21.3. The molecule has 0 bridgehead atoms. The highest BCUT2D eigenvalue weighted by atomic mass is 32.1. The Hall–Kier alpha value is -4.40. The van der Waals surface area contributed by atoms with Gasteiger partial charge < -0.3 is 30.4 Å². The molecule has 0 saturated heterocycles. The number of methoxy groups -OCH3 is 1. The minimum atomic E-state index is -4.50. The van der Waals surface area contributed by atoms with Crippen molar-refractivity contribution in [2.75, 3.05) is 19.0 Å². The van der Waals surface area contributed by atoms with Crippen LogP contribution in [-0.4, -0.2) is 53.4 Å². The second-order valence-electron chi connectivity index (χ2n) is 8.03. The number of ether oxygens (including phenoxy) is 2. The molecule has 0 fully saturated rings. The van der Waals surface area contributed by atoms with E-state index in [9.17, 15) is 32.3 Å². The van der Waals surface area contributed by atoms with E-state index in [1.54, 1.807) is 6.07 Å². The molecule has 1 atom stereocenters. The van der Waals surface area contributed by atoms with E-state index in [0.717, 1.165) is 24.5 Å². The third kappa shape index (κ3) is 8.56. The Morgan fingerprint density at radius 1 is 1.23 bits per heavy atom. The molecule has 1 unspecified atom stereocenters. The van der Waals surface area contributed by atoms with Gasteiger partial charge in [-0.3, -0.25) is 14.4 Å². The summed E-state index contributed by atoms with van der Waals surface area (Å²) in [7, 11) is 1.13. The lowest BCUT2D eigenvalue weighted by atomic mass is 10.1. The highest BCUT2D eigenvalue weighted by Gasteiger charge is 2.29. The van der Waals surface area contributed by atoms with Gasteiger partial charge in [-0.15, -0.1) is 11.3 Å². The molecule has 0 saturated carbocycles. The van der Waals surface area contributed by atoms with E-state index in [-0.39, 0.29) is 30.8 Å². The van der Waals surface area contributed by atoms with Crippen molar-refractivity contribution >= 4 is 45.1 Å². The lowest BCUT2D eigenvalue weighted by Crippen LogP contribution is -2.44. The first-order chi connectivity index (χ1) is 18.5. The Morgan fingerprint density at radius 3 is 2.69 bits per heavy atom. The van der Waals surface area contributed by atoms with Gasteiger partial charge >= 0.3 is 12.3 Å². The molecule has 1 aromatic carbocycles. The number of fused-ring (bicyclic) bond motifs is 1. The number of hydrogen-bond donors (Lipinski definition) is 3. The van der Waals surface area contributed by atoms with E-state index < -0.39 is 42.3 Å². The first-order valence-corrected chi connectivity index (χ1v) is 12.2. The molecule has 3 amide bonds. The van der Waals surface area contributed by atoms with E-state index in [4.69, 9.17) is 10.5 Å². The van der Waals surface area contributed by atoms with Gasteiger partial charge in [-0.2, -0.15) is 13.2 Å². The highest BCUT2D eigenvalue weighted by molar-refractivity contribution is 7.19. The first-order valence-electron chi connectivity index (χ1n) is 11.4. The summed E-state index contributed by atoms with van der Waals surface area (Å²) < 4.78 is 48.9. The number of anilines is 1. The number of carbonyl (C=O) groups is 3. The molecule has 11 nitrogen and oxygen atoms in total. The van der Waals surface area contributed by atoms with Crippen molar-refractivity contribution < 1.29 is 37.0 Å². The number of amides is 3. The minimum Gasteiger partial charge on any atom is -0.483 e. The molecule has 0 aliphatic rings. The van der Waals surface area contributed by atoms with Crippen molar-refractivity contribution in [2.45, 2.75) is 31.6 Å². The van der Waals surface area contributed by atoms with Gasteiger partial charge in [0.05, 0.1) is 23.9 Å². The van der Waals surface area contributed by atoms with E-state index in [1.165, 1.54) is 41.1 Å². The summed E-state index contributed by atoms with van der Waals surface area (Å²) in [5.74, 6) is -1.34. The fourth-order valence-electron chi connectivity index (χ4n) is 3.37. The Balaban J connectivity index is 1.77. The van der Waals surface area contributed by atoms with Crippen LogP contribution in [0.25, 0.3) is 10.2 Å². The van der Waals surface area contributed by atoms with Gasteiger partial charge in [-0.1, -0.05) is 12.1 Å². The van der Waals surface area contributed by atoms with Crippen LogP contribution in [-0.2, 0) is 20.9 Å². The number of primary amides is 1. The van der Waals surface area contributed by atoms with Crippen molar-refractivity contribution in [3.05, 3.63) is 64.0 Å². The number of alkyl halides is 3. The molecular formula is C24H24F3N5O6S. The van der Waals surface area contributed by atoms with Gasteiger partial charge in [0.15, 0.2) is 6.61 Å². The van der Waals surface area contributed by atoms with Gasteiger partial charge in [0, 0.05) is 6.20 Å². The monoisotopic (exact) mass is 567 g/mol. The molecule has 208 valence electrons. The second kappa shape index (κ2) is 12.9. The first kappa shape index (κ1) is 29.2. The van der Waals surface area contributed by atoms with Crippen LogP contribution in [0.3, 0.4) is 0 Å². The van der Waals surface area contributed by atoms with Gasteiger partial charge in [-0.05, 0) is 43.2 Å². The molecule has 2 aromatic heterocycles. The number of benzene rings is 1. The molecule has 4 N–H and O–H groups in total. The van der Waals surface area contributed by atoms with Crippen LogP contribution in [0, 0.1) is 0 Å². The Labute approximate surface area is 223 Å². The summed E-state index contributed by atoms with van der Waals surface area (Å²) >= 11 is 1.07. The standard InChI is InChI=1S/C24H24F3N5O6S/c1-37-23(36)31-15(6-2-3-10-18(28)33)21(34)30-16-8-5-11-32(22(16)35)12-19-29-14-7-4-9-17(20(14)39-19)38-13-24(25,26)27/h3-5,7-11,15H,2,6,12-13H2,1H3,(H2,28,33)(H,30,34)(H,31,36)/b10-3+. The van der Waals surface area contributed by atoms with Crippen LogP contribution < -0.4 is 26.7 Å². The van der Waals surface area contributed by atoms with E-state index in [0.29, 0.717) is 15.2 Å². The normalized spacial score (nSPS) is 12.3. The van der Waals surface area contributed by atoms with Crippen LogP contribution in [0.4, 0.5) is 23.7 Å². The average molecular weight is 568 g/mol. The quantitative estimate of drug-likeness (QED) is 0.301. The predicted octanol–water partition coefficient (Wildman–Crippen LogP) is 2.93. The zero-order chi connectivity index (χ0) is 28.6. The molecule has 0 spiro atoms. The van der Waals surface area contributed by atoms with Crippen LogP contribution in [0.1, 0.15) is 17.8 Å². The molecule has 2 heterocycles. The number of carbonyl (C=O) groups excluding carboxylic acids is 3. The number of allylic oxidation sites excluding steroid dienone is 1. The van der Waals surface area contributed by atoms with Gasteiger partial charge in [0.1, 0.15) is 22.5 Å². The zero-order valence-electron chi connectivity index (χ0n) is 20.5. The smallest absolute Gasteiger partial charge is 0.422 e. The molecule has 15 heteroatoms. The number of halogens is 3. The van der Waals surface area contributed by atoms with Crippen LogP contribution in [0.15, 0.2) is 53.5 Å². The molecule has 3 aromatic rings. The van der Waals surface area contributed by atoms with Crippen LogP contribution in [0.2, 0.25) is 0 Å². The van der Waals surface area contributed by atoms with Gasteiger partial charge in [0.2, 0.25) is 11.8 Å². The third-order valence-electron chi connectivity index (χ3n) is 5.10. The summed E-state index contributed by atoms with van der Waals surface area (Å²) in [5, 5.41) is 5.27. The molecule has 0 radical (unpaired) electrons. The third-order valence-corrected chi connectivity index (χ3v) is 6.17. The fraction of sp³-hybridized carbons (Fsp3) is 0.292. The summed E-state index contributed by atoms with van der Waals surface area (Å²) in [5.41, 5.74) is 4.79. The SMILES string of the molecule is COC(=O)NC(CC/C=C/C(N)=O)C(=O)Nc1cccn(Cc2nc3cccc(OCC(F)(F)F)c3s2)c1=O. The van der Waals surface area contributed by atoms with Crippen molar-refractivity contribution in [3.8, 4) is 5.75 Å². The number of nitrogens with two attached hydrogens (primary N) is 1. The van der Waals surface area contributed by atoms with Crippen molar-refractivity contribution in [1.29, 1.82) is 0 Å². The van der Waals surface area contributed by atoms with E-state index >= 15 is 0 Å². The van der Waals surface area contributed by atoms with Crippen LogP contribution >= 0.6 is 11.3 Å². The minimum absolute atomic E-state index is 0.0248. The highest BCUT2D eigenvalue weighted by Crippen LogP contribution is 2.32. The van der Waals surface area contributed by atoms with Crippen LogP contribution in [0.5, 0.6) is 5.75 Å². The van der Waals surface area contributed by atoms with E-state index in [2.05, 4.69) is 20.4 Å². The average Bonchev–Trinajstić information content (AvgIpc) is 3.29. The van der Waals surface area contributed by atoms with Crippen molar-refractivity contribution in [1.82, 2.24) is 14.9 Å². The predicted molar refractivity (Wildman–Crippen MR) is 137 cm³/mol.